The van der Waals surface area contributed by atoms with E-state index >= 15 is 0 Å². The van der Waals surface area contributed by atoms with Gasteiger partial charge in [0.2, 0.25) is 0 Å². The van der Waals surface area contributed by atoms with E-state index in [-0.39, 0.29) is 24.4 Å². The molecule has 0 amide bonds. The van der Waals surface area contributed by atoms with Crippen molar-refractivity contribution in [3.8, 4) is 0 Å². The van der Waals surface area contributed by atoms with Crippen LogP contribution in [0.1, 0.15) is 33.1 Å². The minimum Gasteiger partial charge on any atom is -0.478 e. The SMILES string of the molecule is C=C(CCC(=O)OCCC(C)C)C(=O)O. The van der Waals surface area contributed by atoms with E-state index in [9.17, 15) is 9.59 Å². The van der Waals surface area contributed by atoms with Crippen LogP contribution in [-0.4, -0.2) is 23.7 Å². The standard InChI is InChI=1S/C11H18O4/c1-8(2)6-7-15-10(12)5-4-9(3)11(13)14/h8H,3-7H2,1-2H3,(H,13,14). The molecule has 4 nitrogen and oxygen atoms in total. The number of carboxylic acid groups (broad SMARTS) is 1. The Balaban J connectivity index is 3.58. The second kappa shape index (κ2) is 7.04. The Morgan fingerprint density at radius 2 is 1.93 bits per heavy atom. The zero-order valence-electron chi connectivity index (χ0n) is 9.28. The van der Waals surface area contributed by atoms with Crippen LogP contribution in [-0.2, 0) is 14.3 Å². The highest BCUT2D eigenvalue weighted by molar-refractivity contribution is 5.86. The van der Waals surface area contributed by atoms with E-state index < -0.39 is 5.97 Å². The first-order valence-corrected chi connectivity index (χ1v) is 5.00. The molecule has 0 unspecified atom stereocenters. The van der Waals surface area contributed by atoms with E-state index in [0.717, 1.165) is 6.42 Å². The van der Waals surface area contributed by atoms with Crippen molar-refractivity contribution in [3.63, 3.8) is 0 Å². The maximum absolute atomic E-state index is 11.1. The Morgan fingerprint density at radius 3 is 2.40 bits per heavy atom. The summed E-state index contributed by atoms with van der Waals surface area (Å²) in [5, 5.41) is 8.49. The average molecular weight is 214 g/mol. The van der Waals surface area contributed by atoms with Gasteiger partial charge >= 0.3 is 11.9 Å². The van der Waals surface area contributed by atoms with Crippen molar-refractivity contribution < 1.29 is 19.4 Å². The Morgan fingerprint density at radius 1 is 1.33 bits per heavy atom. The number of ether oxygens (including phenoxy) is 1. The van der Waals surface area contributed by atoms with Crippen molar-refractivity contribution in [1.29, 1.82) is 0 Å². The summed E-state index contributed by atoms with van der Waals surface area (Å²) in [5.74, 6) is -0.935. The van der Waals surface area contributed by atoms with Crippen LogP contribution in [0.2, 0.25) is 0 Å². The summed E-state index contributed by atoms with van der Waals surface area (Å²) in [6.07, 6.45) is 1.06. The molecule has 0 rings (SSSR count). The van der Waals surface area contributed by atoms with E-state index in [1.54, 1.807) is 0 Å². The number of carbonyl (C=O) groups is 2. The van der Waals surface area contributed by atoms with Crippen molar-refractivity contribution in [2.45, 2.75) is 33.1 Å². The van der Waals surface area contributed by atoms with Crippen LogP contribution in [0.5, 0.6) is 0 Å². The molecule has 1 N–H and O–H groups in total. The number of hydrogen-bond acceptors (Lipinski definition) is 3. The summed E-state index contributed by atoms with van der Waals surface area (Å²) in [7, 11) is 0. The number of hydrogen-bond donors (Lipinski definition) is 1. The van der Waals surface area contributed by atoms with Crippen molar-refractivity contribution in [2.24, 2.45) is 5.92 Å². The fourth-order valence-corrected chi connectivity index (χ4v) is 0.841. The molecule has 0 aliphatic rings. The Kier molecular flexibility index (Phi) is 6.42. The summed E-state index contributed by atoms with van der Waals surface area (Å²) >= 11 is 0. The van der Waals surface area contributed by atoms with Crippen LogP contribution in [0.25, 0.3) is 0 Å². The van der Waals surface area contributed by atoms with E-state index in [1.807, 2.05) is 13.8 Å². The van der Waals surface area contributed by atoms with Crippen molar-refractivity contribution in [1.82, 2.24) is 0 Å². The van der Waals surface area contributed by atoms with Crippen LogP contribution in [0.3, 0.4) is 0 Å². The molecule has 4 heteroatoms. The van der Waals surface area contributed by atoms with E-state index in [0.29, 0.717) is 12.5 Å². The van der Waals surface area contributed by atoms with Gasteiger partial charge in [-0.2, -0.15) is 0 Å². The van der Waals surface area contributed by atoms with E-state index in [4.69, 9.17) is 9.84 Å². The predicted octanol–water partition coefficient (Wildman–Crippen LogP) is 2.00. The first kappa shape index (κ1) is 13.7. The molecule has 0 aromatic carbocycles. The highest BCUT2D eigenvalue weighted by Crippen LogP contribution is 2.05. The highest BCUT2D eigenvalue weighted by atomic mass is 16.5. The summed E-state index contributed by atoms with van der Waals surface area (Å²) in [5.41, 5.74) is 0.0378. The molecule has 0 fully saturated rings. The highest BCUT2D eigenvalue weighted by Gasteiger charge is 2.08. The molecular formula is C11H18O4. The molecule has 0 atom stereocenters. The second-order valence-electron chi connectivity index (χ2n) is 3.81. The lowest BCUT2D eigenvalue weighted by Gasteiger charge is -2.06. The van der Waals surface area contributed by atoms with Crippen LogP contribution < -0.4 is 0 Å². The zero-order valence-corrected chi connectivity index (χ0v) is 9.28. The van der Waals surface area contributed by atoms with Crippen LogP contribution in [0, 0.1) is 5.92 Å². The molecule has 0 bridgehead atoms. The summed E-state index contributed by atoms with van der Waals surface area (Å²) in [4.78, 5) is 21.5. The van der Waals surface area contributed by atoms with Crippen LogP contribution in [0.15, 0.2) is 12.2 Å². The summed E-state index contributed by atoms with van der Waals surface area (Å²) in [6, 6.07) is 0. The lowest BCUT2D eigenvalue weighted by molar-refractivity contribution is -0.143. The smallest absolute Gasteiger partial charge is 0.330 e. The number of aliphatic carboxylic acids is 1. The van der Waals surface area contributed by atoms with Gasteiger partial charge in [0.15, 0.2) is 0 Å². The molecule has 0 saturated carbocycles. The van der Waals surface area contributed by atoms with E-state index in [2.05, 4.69) is 6.58 Å². The largest absolute Gasteiger partial charge is 0.478 e. The monoisotopic (exact) mass is 214 g/mol. The second-order valence-corrected chi connectivity index (χ2v) is 3.81. The van der Waals surface area contributed by atoms with Gasteiger partial charge < -0.3 is 9.84 Å². The normalized spacial score (nSPS) is 10.1. The van der Waals surface area contributed by atoms with Crippen molar-refractivity contribution in [3.05, 3.63) is 12.2 Å². The minimum absolute atomic E-state index is 0.0378. The van der Waals surface area contributed by atoms with Crippen LogP contribution >= 0.6 is 0 Å². The maximum atomic E-state index is 11.1. The first-order valence-electron chi connectivity index (χ1n) is 5.00. The number of esters is 1. The molecule has 0 heterocycles. The molecule has 0 aromatic heterocycles. The minimum atomic E-state index is -1.06. The average Bonchev–Trinajstić information content (AvgIpc) is 2.13. The van der Waals surface area contributed by atoms with Gasteiger partial charge in [0.05, 0.1) is 6.61 Å². The van der Waals surface area contributed by atoms with E-state index in [1.165, 1.54) is 0 Å². The molecule has 86 valence electrons. The van der Waals surface area contributed by atoms with Gasteiger partial charge in [-0.25, -0.2) is 4.79 Å². The molecule has 0 aromatic rings. The number of carbonyl (C=O) groups excluding carboxylic acids is 1. The van der Waals surface area contributed by atoms with Gasteiger partial charge in [-0.15, -0.1) is 0 Å². The quantitative estimate of drug-likeness (QED) is 0.520. The third-order valence-electron chi connectivity index (χ3n) is 1.89. The predicted molar refractivity (Wildman–Crippen MR) is 56.4 cm³/mol. The Hall–Kier alpha value is -1.32. The Labute approximate surface area is 89.9 Å². The number of rotatable bonds is 7. The first-order chi connectivity index (χ1) is 6.93. The van der Waals surface area contributed by atoms with Gasteiger partial charge in [0, 0.05) is 12.0 Å². The molecule has 0 saturated heterocycles. The van der Waals surface area contributed by atoms with Crippen molar-refractivity contribution in [2.75, 3.05) is 6.61 Å². The molecule has 0 aliphatic carbocycles. The molecule has 0 spiro atoms. The molecule has 0 radical (unpaired) electrons. The lowest BCUT2D eigenvalue weighted by Crippen LogP contribution is -2.09. The maximum Gasteiger partial charge on any atom is 0.330 e. The number of carboxylic acids is 1. The molecule has 0 aliphatic heterocycles. The topological polar surface area (TPSA) is 63.6 Å². The summed E-state index contributed by atoms with van der Waals surface area (Å²) < 4.78 is 4.91. The fraction of sp³-hybridized carbons (Fsp3) is 0.636. The third kappa shape index (κ3) is 7.73. The third-order valence-corrected chi connectivity index (χ3v) is 1.89. The van der Waals surface area contributed by atoms with Crippen molar-refractivity contribution >= 4 is 11.9 Å². The van der Waals surface area contributed by atoms with Crippen LogP contribution in [0.4, 0.5) is 0 Å². The summed E-state index contributed by atoms with van der Waals surface area (Å²) in [6.45, 7) is 7.81. The Bertz CT molecular complexity index is 243. The molecular weight excluding hydrogens is 196 g/mol. The molecule has 15 heavy (non-hydrogen) atoms. The van der Waals surface area contributed by atoms with Gasteiger partial charge in [-0.05, 0) is 18.8 Å². The van der Waals surface area contributed by atoms with Gasteiger partial charge in [0.1, 0.15) is 0 Å². The van der Waals surface area contributed by atoms with Gasteiger partial charge in [-0.3, -0.25) is 4.79 Å². The fourth-order valence-electron chi connectivity index (χ4n) is 0.841. The van der Waals surface area contributed by atoms with Gasteiger partial charge in [-0.1, -0.05) is 20.4 Å². The van der Waals surface area contributed by atoms with Gasteiger partial charge in [0.25, 0.3) is 0 Å². The zero-order chi connectivity index (χ0) is 11.8. The lowest BCUT2D eigenvalue weighted by atomic mass is 10.1.